The summed E-state index contributed by atoms with van der Waals surface area (Å²) in [6.07, 6.45) is 2.29. The van der Waals surface area contributed by atoms with Crippen molar-refractivity contribution in [2.45, 2.75) is 6.54 Å². The summed E-state index contributed by atoms with van der Waals surface area (Å²) in [5.41, 5.74) is 1.74. The Balaban J connectivity index is 1.22. The number of fused-ring (bicyclic) bond motifs is 1. The van der Waals surface area contributed by atoms with E-state index in [1.54, 1.807) is 12.1 Å². The average molecular weight is 351 g/mol. The molecule has 0 spiro atoms. The minimum atomic E-state index is -0.387. The number of Topliss-reactive ketones (excluding diaryl/α,β-unsaturated/α-hetero) is 1. The number of hydrogen-bond donors (Lipinski definition) is 1. The molecule has 1 saturated heterocycles. The molecule has 1 saturated carbocycles. The van der Waals surface area contributed by atoms with Crippen LogP contribution in [0.3, 0.4) is 0 Å². The summed E-state index contributed by atoms with van der Waals surface area (Å²) >= 11 is 0. The number of benzene rings is 1. The molecule has 1 aliphatic heterocycles. The zero-order chi connectivity index (χ0) is 17.9. The number of ether oxygens (including phenoxy) is 1. The normalized spacial score (nSPS) is 24.5. The number of carbonyl (C=O) groups is 1. The van der Waals surface area contributed by atoms with Crippen LogP contribution in [0.5, 0.6) is 5.88 Å². The average Bonchev–Trinajstić information content (AvgIpc) is 3.12. The molecule has 4 rings (SSSR count). The van der Waals surface area contributed by atoms with Gasteiger partial charge in [0.1, 0.15) is 6.21 Å². The minimum absolute atomic E-state index is 0.370. The van der Waals surface area contributed by atoms with Crippen LogP contribution in [-0.2, 0) is 6.54 Å². The highest BCUT2D eigenvalue weighted by Crippen LogP contribution is 2.51. The van der Waals surface area contributed by atoms with Gasteiger partial charge in [-0.25, -0.2) is 4.98 Å². The molecule has 2 heterocycles. The maximum absolute atomic E-state index is 11.5. The van der Waals surface area contributed by atoms with Crippen molar-refractivity contribution in [3.05, 3.63) is 59.8 Å². The van der Waals surface area contributed by atoms with Gasteiger partial charge in [-0.1, -0.05) is 35.5 Å². The van der Waals surface area contributed by atoms with Crippen molar-refractivity contribution < 1.29 is 14.7 Å². The van der Waals surface area contributed by atoms with Crippen LogP contribution in [0, 0.1) is 17.8 Å². The highest BCUT2D eigenvalue weighted by molar-refractivity contribution is 6.35. The van der Waals surface area contributed by atoms with E-state index in [2.05, 4.69) is 45.4 Å². The van der Waals surface area contributed by atoms with Crippen molar-refractivity contribution in [3.63, 3.8) is 0 Å². The summed E-state index contributed by atoms with van der Waals surface area (Å²) < 4.78 is 5.79. The standard InChI is InChI=1S/C20H21N3O3/c24-19(9-22-25)15-6-7-20(21-8-15)26-13-18-16-11-23(12-17(16)18)10-14-4-2-1-3-5-14/h1-9,16-18,25H,10-13H2/b22-9+/t16-,17+,18+. The minimum Gasteiger partial charge on any atom is -0.477 e. The summed E-state index contributed by atoms with van der Waals surface area (Å²) in [5, 5.41) is 11.1. The van der Waals surface area contributed by atoms with Crippen molar-refractivity contribution in [1.82, 2.24) is 9.88 Å². The van der Waals surface area contributed by atoms with Crippen molar-refractivity contribution >= 4 is 12.0 Å². The number of oxime groups is 1. The first-order chi connectivity index (χ1) is 12.7. The Morgan fingerprint density at radius 2 is 2.00 bits per heavy atom. The second kappa shape index (κ2) is 7.25. The van der Waals surface area contributed by atoms with Gasteiger partial charge in [0, 0.05) is 43.4 Å². The molecule has 6 nitrogen and oxygen atoms in total. The van der Waals surface area contributed by atoms with E-state index in [4.69, 9.17) is 9.94 Å². The van der Waals surface area contributed by atoms with Gasteiger partial charge >= 0.3 is 0 Å². The molecular weight excluding hydrogens is 330 g/mol. The lowest BCUT2D eigenvalue weighted by atomic mass is 10.2. The zero-order valence-corrected chi connectivity index (χ0v) is 14.4. The Morgan fingerprint density at radius 3 is 2.65 bits per heavy atom. The highest BCUT2D eigenvalue weighted by Gasteiger charge is 2.55. The number of aromatic nitrogens is 1. The molecule has 0 bridgehead atoms. The number of nitrogens with zero attached hydrogens (tertiary/aromatic N) is 3. The molecule has 2 aromatic rings. The predicted octanol–water partition coefficient (Wildman–Crippen LogP) is 2.48. The van der Waals surface area contributed by atoms with E-state index in [1.807, 2.05) is 0 Å². The molecule has 2 aliphatic rings. The van der Waals surface area contributed by atoms with Crippen LogP contribution >= 0.6 is 0 Å². The van der Waals surface area contributed by atoms with Crippen LogP contribution in [0.25, 0.3) is 0 Å². The van der Waals surface area contributed by atoms with E-state index in [0.29, 0.717) is 24.0 Å². The van der Waals surface area contributed by atoms with Gasteiger partial charge in [0.25, 0.3) is 0 Å². The van der Waals surface area contributed by atoms with Crippen LogP contribution in [0.1, 0.15) is 15.9 Å². The summed E-state index contributed by atoms with van der Waals surface area (Å²) in [4.78, 5) is 18.2. The van der Waals surface area contributed by atoms with Gasteiger partial charge in [-0.05, 0) is 23.5 Å². The van der Waals surface area contributed by atoms with E-state index in [0.717, 1.165) is 37.7 Å². The Bertz CT molecular complexity index is 780. The number of rotatable bonds is 7. The first kappa shape index (κ1) is 16.7. The van der Waals surface area contributed by atoms with Gasteiger partial charge in [0.05, 0.1) is 6.61 Å². The third-order valence-corrected chi connectivity index (χ3v) is 5.32. The van der Waals surface area contributed by atoms with E-state index in [9.17, 15) is 4.79 Å². The Labute approximate surface area is 152 Å². The fourth-order valence-electron chi connectivity index (χ4n) is 3.87. The largest absolute Gasteiger partial charge is 0.477 e. The lowest BCUT2D eigenvalue weighted by Crippen LogP contribution is -2.25. The molecule has 2 fully saturated rings. The van der Waals surface area contributed by atoms with Gasteiger partial charge in [0.15, 0.2) is 0 Å². The molecular formula is C20H21N3O3. The smallest absolute Gasteiger partial charge is 0.213 e. The molecule has 1 aliphatic carbocycles. The fraction of sp³-hybridized carbons (Fsp3) is 0.350. The quantitative estimate of drug-likeness (QED) is 0.359. The van der Waals surface area contributed by atoms with E-state index in [1.165, 1.54) is 11.8 Å². The highest BCUT2D eigenvalue weighted by atomic mass is 16.5. The van der Waals surface area contributed by atoms with Crippen molar-refractivity contribution in [3.8, 4) is 5.88 Å². The topological polar surface area (TPSA) is 75.0 Å². The molecule has 3 atom stereocenters. The molecule has 1 N–H and O–H groups in total. The van der Waals surface area contributed by atoms with Crippen LogP contribution in [0.2, 0.25) is 0 Å². The first-order valence-electron chi connectivity index (χ1n) is 8.81. The van der Waals surface area contributed by atoms with Crippen LogP contribution in [0.4, 0.5) is 0 Å². The lowest BCUT2D eigenvalue weighted by molar-refractivity contribution is 0.106. The maximum atomic E-state index is 11.5. The first-order valence-corrected chi connectivity index (χ1v) is 8.81. The second-order valence-electron chi connectivity index (χ2n) is 6.98. The van der Waals surface area contributed by atoms with E-state index in [-0.39, 0.29) is 5.78 Å². The third kappa shape index (κ3) is 3.60. The summed E-state index contributed by atoms with van der Waals surface area (Å²) in [5.74, 6) is 2.18. The number of ketones is 1. The van der Waals surface area contributed by atoms with Gasteiger partial charge < -0.3 is 9.94 Å². The summed E-state index contributed by atoms with van der Waals surface area (Å²) in [6.45, 7) is 3.96. The molecule has 0 amide bonds. The van der Waals surface area contributed by atoms with E-state index >= 15 is 0 Å². The SMILES string of the molecule is O=C(/C=N/O)c1ccc(OC[C@@H]2[C@H]3CN(Cc4ccccc4)C[C@@H]23)nc1. The van der Waals surface area contributed by atoms with Crippen LogP contribution < -0.4 is 4.74 Å². The Hall–Kier alpha value is -2.73. The Morgan fingerprint density at radius 1 is 1.23 bits per heavy atom. The number of likely N-dealkylation sites (tertiary alicyclic amines) is 1. The van der Waals surface area contributed by atoms with Crippen LogP contribution in [0.15, 0.2) is 53.8 Å². The molecule has 0 unspecified atom stereocenters. The zero-order valence-electron chi connectivity index (χ0n) is 14.4. The monoisotopic (exact) mass is 351 g/mol. The van der Waals surface area contributed by atoms with Crippen molar-refractivity contribution in [2.75, 3.05) is 19.7 Å². The number of carbonyl (C=O) groups excluding carboxylic acids is 1. The van der Waals surface area contributed by atoms with Gasteiger partial charge in [-0.2, -0.15) is 0 Å². The summed E-state index contributed by atoms with van der Waals surface area (Å²) in [6, 6.07) is 13.9. The molecule has 26 heavy (non-hydrogen) atoms. The molecule has 6 heteroatoms. The molecule has 134 valence electrons. The summed E-state index contributed by atoms with van der Waals surface area (Å²) in [7, 11) is 0. The van der Waals surface area contributed by atoms with Crippen molar-refractivity contribution in [2.24, 2.45) is 22.9 Å². The van der Waals surface area contributed by atoms with Gasteiger partial charge in [-0.15, -0.1) is 0 Å². The lowest BCUT2D eigenvalue weighted by Gasteiger charge is -2.19. The molecule has 0 radical (unpaired) electrons. The van der Waals surface area contributed by atoms with Crippen LogP contribution in [-0.4, -0.2) is 46.8 Å². The van der Waals surface area contributed by atoms with Gasteiger partial charge in [0.2, 0.25) is 11.7 Å². The van der Waals surface area contributed by atoms with E-state index < -0.39 is 0 Å². The van der Waals surface area contributed by atoms with Gasteiger partial charge in [-0.3, -0.25) is 9.69 Å². The number of piperidine rings is 1. The molecule has 1 aromatic heterocycles. The third-order valence-electron chi connectivity index (χ3n) is 5.32. The number of pyridine rings is 1. The number of hydrogen-bond acceptors (Lipinski definition) is 6. The second-order valence-corrected chi connectivity index (χ2v) is 6.98. The maximum Gasteiger partial charge on any atom is 0.213 e. The fourth-order valence-corrected chi connectivity index (χ4v) is 3.87. The molecule has 1 aromatic carbocycles. The van der Waals surface area contributed by atoms with Crippen molar-refractivity contribution in [1.29, 1.82) is 0 Å². The predicted molar refractivity (Wildman–Crippen MR) is 96.5 cm³/mol. The Kier molecular flexibility index (Phi) is 4.67.